The van der Waals surface area contributed by atoms with Gasteiger partial charge >= 0.3 is 0 Å². The van der Waals surface area contributed by atoms with E-state index in [1.165, 1.54) is 4.90 Å². The Morgan fingerprint density at radius 1 is 0.689 bits per heavy atom. The molecule has 3 rings (SSSR count). The molecular weight excluding hydrogens is 804 g/mol. The highest BCUT2D eigenvalue weighted by Gasteiger charge is 2.43. The number of nitrogens with one attached hydrogen (secondary N) is 5. The lowest BCUT2D eigenvalue weighted by Crippen LogP contribution is -2.55. The van der Waals surface area contributed by atoms with E-state index in [2.05, 4.69) is 26.6 Å². The van der Waals surface area contributed by atoms with Crippen LogP contribution in [-0.2, 0) is 47.6 Å². The maximum absolute atomic E-state index is 13.0. The molecule has 10 N–H and O–H groups in total. The Morgan fingerprint density at radius 3 is 1.93 bits per heavy atom. The monoisotopic (exact) mass is 879 g/mol. The van der Waals surface area contributed by atoms with Gasteiger partial charge in [-0.1, -0.05) is 19.8 Å². The van der Waals surface area contributed by atoms with Gasteiger partial charge in [0.25, 0.3) is 0 Å². The second-order valence-electron chi connectivity index (χ2n) is 15.7. The van der Waals surface area contributed by atoms with Crippen LogP contribution in [-0.4, -0.2) is 201 Å². The van der Waals surface area contributed by atoms with E-state index in [-0.39, 0.29) is 70.0 Å². The summed E-state index contributed by atoms with van der Waals surface area (Å²) in [4.78, 5) is 52.3. The SMILES string of the molecule is CCNCCCCCNC(=O)CN(CC(=O)NCCCCCC(=O)NCCOC1OCCCC1O)CC(=O)NCCO[C@@H]1CC(O[C@H]2OC(C)[C@@H](O)CC2O)[C@H](O)C(CO)O1. The van der Waals surface area contributed by atoms with E-state index in [9.17, 15) is 44.7 Å². The highest BCUT2D eigenvalue weighted by Crippen LogP contribution is 2.28. The number of aliphatic hydroxyl groups excluding tert-OH is 5. The van der Waals surface area contributed by atoms with Crippen molar-refractivity contribution in [1.82, 2.24) is 31.5 Å². The van der Waals surface area contributed by atoms with Crippen LogP contribution in [0.25, 0.3) is 0 Å². The van der Waals surface area contributed by atoms with Gasteiger partial charge in [-0.2, -0.15) is 0 Å². The number of amides is 4. The predicted molar refractivity (Wildman–Crippen MR) is 218 cm³/mol. The molecule has 3 heterocycles. The molecule has 0 aromatic carbocycles. The van der Waals surface area contributed by atoms with Crippen molar-refractivity contribution in [3.63, 3.8) is 0 Å². The minimum Gasteiger partial charge on any atom is -0.394 e. The summed E-state index contributed by atoms with van der Waals surface area (Å²) in [5, 5.41) is 65.1. The van der Waals surface area contributed by atoms with E-state index in [0.717, 1.165) is 38.8 Å². The molecule has 6 unspecified atom stereocenters. The number of hydrogen-bond acceptors (Lipinski definition) is 17. The van der Waals surface area contributed by atoms with Crippen LogP contribution in [0.3, 0.4) is 0 Å². The zero-order valence-electron chi connectivity index (χ0n) is 36.0. The third-order valence-corrected chi connectivity index (χ3v) is 10.5. The van der Waals surface area contributed by atoms with E-state index >= 15 is 0 Å². The van der Waals surface area contributed by atoms with Gasteiger partial charge in [0, 0.05) is 52.0 Å². The van der Waals surface area contributed by atoms with Crippen molar-refractivity contribution < 1.29 is 73.1 Å². The minimum atomic E-state index is -1.25. The fourth-order valence-electron chi connectivity index (χ4n) is 6.98. The normalized spacial score (nSPS) is 28.0. The number of carbonyl (C=O) groups excluding carboxylic acids is 4. The van der Waals surface area contributed by atoms with E-state index in [1.807, 2.05) is 6.92 Å². The standard InChI is InChI=1S/C40H74N6O15/c1-3-41-13-7-5-9-15-43-35(53)24-46(23-34(52)42-14-8-4-6-12-33(51)44-17-20-58-39-28(48)11-10-18-57-39)25-36(54)45-16-19-56-37-22-31(38(55)32(26-47)60-37)61-40-30(50)21-29(49)27(2)59-40/h27-32,37-41,47-50,55H,3-26H2,1-2H3,(H,42,52)(H,43,53)(H,44,51)(H,45,54)/t27?,28?,29-,30?,31?,32?,37-,38-,39?,40+/m0/s1. The molecule has 4 amide bonds. The number of hydrogen-bond donors (Lipinski definition) is 10. The molecule has 0 aliphatic carbocycles. The van der Waals surface area contributed by atoms with Crippen molar-refractivity contribution in [2.75, 3.05) is 85.3 Å². The molecule has 61 heavy (non-hydrogen) atoms. The van der Waals surface area contributed by atoms with Crippen LogP contribution >= 0.6 is 0 Å². The number of ether oxygens (including phenoxy) is 6. The molecule has 3 fully saturated rings. The van der Waals surface area contributed by atoms with Crippen molar-refractivity contribution in [2.24, 2.45) is 0 Å². The molecule has 21 nitrogen and oxygen atoms in total. The Bertz CT molecular complexity index is 1260. The summed E-state index contributed by atoms with van der Waals surface area (Å²) in [6, 6.07) is 0. The first kappa shape index (κ1) is 52.7. The molecule has 21 heteroatoms. The Morgan fingerprint density at radius 2 is 1.30 bits per heavy atom. The predicted octanol–water partition coefficient (Wildman–Crippen LogP) is -2.67. The Balaban J connectivity index is 1.37. The molecule has 3 aliphatic rings. The number of aliphatic hydroxyl groups is 5. The van der Waals surface area contributed by atoms with E-state index in [4.69, 9.17) is 28.4 Å². The topological polar surface area (TPSA) is 288 Å². The number of carbonyl (C=O) groups is 4. The van der Waals surface area contributed by atoms with Crippen molar-refractivity contribution in [3.05, 3.63) is 0 Å². The molecule has 0 radical (unpaired) electrons. The van der Waals surface area contributed by atoms with Gasteiger partial charge < -0.3 is 80.5 Å². The number of rotatable bonds is 30. The lowest BCUT2D eigenvalue weighted by Gasteiger charge is -2.42. The van der Waals surface area contributed by atoms with Crippen LogP contribution in [0.1, 0.15) is 84.5 Å². The van der Waals surface area contributed by atoms with Crippen LogP contribution in [0.2, 0.25) is 0 Å². The molecule has 3 aliphatic heterocycles. The lowest BCUT2D eigenvalue weighted by atomic mass is 10.0. The molecule has 0 aromatic rings. The summed E-state index contributed by atoms with van der Waals surface area (Å²) in [6.45, 7) is 6.25. The Hall–Kier alpha value is -2.64. The van der Waals surface area contributed by atoms with E-state index in [1.54, 1.807) is 6.92 Å². The molecule has 3 saturated heterocycles. The molecule has 10 atom stereocenters. The van der Waals surface area contributed by atoms with Crippen LogP contribution in [0.15, 0.2) is 0 Å². The highest BCUT2D eigenvalue weighted by molar-refractivity contribution is 5.84. The van der Waals surface area contributed by atoms with Gasteiger partial charge in [-0.3, -0.25) is 24.1 Å². The maximum atomic E-state index is 13.0. The van der Waals surface area contributed by atoms with Crippen molar-refractivity contribution in [1.29, 1.82) is 0 Å². The molecule has 0 aromatic heterocycles. The van der Waals surface area contributed by atoms with Crippen molar-refractivity contribution in [2.45, 2.75) is 146 Å². The quantitative estimate of drug-likeness (QED) is 0.0330. The van der Waals surface area contributed by atoms with Crippen LogP contribution in [0.5, 0.6) is 0 Å². The molecule has 0 spiro atoms. The largest absolute Gasteiger partial charge is 0.394 e. The Labute approximate surface area is 359 Å². The summed E-state index contributed by atoms with van der Waals surface area (Å²) in [5.74, 6) is -1.25. The highest BCUT2D eigenvalue weighted by atomic mass is 16.7. The average molecular weight is 879 g/mol. The zero-order chi connectivity index (χ0) is 44.4. The first-order valence-corrected chi connectivity index (χ1v) is 22.0. The fourth-order valence-corrected chi connectivity index (χ4v) is 6.98. The zero-order valence-corrected chi connectivity index (χ0v) is 36.0. The van der Waals surface area contributed by atoms with Crippen molar-refractivity contribution in [3.8, 4) is 0 Å². The van der Waals surface area contributed by atoms with Crippen LogP contribution in [0, 0.1) is 0 Å². The van der Waals surface area contributed by atoms with Gasteiger partial charge in [0.2, 0.25) is 23.6 Å². The third kappa shape index (κ3) is 21.5. The summed E-state index contributed by atoms with van der Waals surface area (Å²) in [7, 11) is 0. The number of nitrogens with zero attached hydrogens (tertiary/aromatic N) is 1. The third-order valence-electron chi connectivity index (χ3n) is 10.5. The molecule has 354 valence electrons. The first-order valence-electron chi connectivity index (χ1n) is 22.0. The summed E-state index contributed by atoms with van der Waals surface area (Å²) < 4.78 is 33.8. The van der Waals surface area contributed by atoms with Gasteiger partial charge in [0.1, 0.15) is 24.4 Å². The Kier molecular flexibility index (Phi) is 26.3. The molecular formula is C40H74N6O15. The molecule has 0 saturated carbocycles. The summed E-state index contributed by atoms with van der Waals surface area (Å²) in [5.41, 5.74) is 0. The van der Waals surface area contributed by atoms with Gasteiger partial charge in [-0.05, 0) is 58.5 Å². The van der Waals surface area contributed by atoms with Crippen LogP contribution < -0.4 is 26.6 Å². The summed E-state index contributed by atoms with van der Waals surface area (Å²) in [6.07, 6.45) is -2.75. The lowest BCUT2D eigenvalue weighted by molar-refractivity contribution is -0.320. The van der Waals surface area contributed by atoms with Gasteiger partial charge in [-0.15, -0.1) is 0 Å². The van der Waals surface area contributed by atoms with E-state index < -0.39 is 74.1 Å². The summed E-state index contributed by atoms with van der Waals surface area (Å²) >= 11 is 0. The van der Waals surface area contributed by atoms with Gasteiger partial charge in [0.05, 0.1) is 57.8 Å². The molecule has 0 bridgehead atoms. The van der Waals surface area contributed by atoms with Crippen LogP contribution in [0.4, 0.5) is 0 Å². The minimum absolute atomic E-state index is 0.0190. The smallest absolute Gasteiger partial charge is 0.234 e. The van der Waals surface area contributed by atoms with Gasteiger partial charge in [0.15, 0.2) is 18.9 Å². The average Bonchev–Trinajstić information content (AvgIpc) is 3.22. The van der Waals surface area contributed by atoms with Gasteiger partial charge in [-0.25, -0.2) is 0 Å². The fraction of sp³-hybridized carbons (Fsp3) is 0.900. The first-order chi connectivity index (χ1) is 29.4. The second-order valence-corrected chi connectivity index (χ2v) is 15.7. The van der Waals surface area contributed by atoms with E-state index in [0.29, 0.717) is 58.3 Å². The van der Waals surface area contributed by atoms with Crippen molar-refractivity contribution >= 4 is 23.6 Å². The maximum Gasteiger partial charge on any atom is 0.234 e. The second kappa shape index (κ2) is 30.4. The number of unbranched alkanes of at least 4 members (excludes halogenated alkanes) is 4.